The molecule has 108 valence electrons. The van der Waals surface area contributed by atoms with Crippen molar-refractivity contribution >= 4 is 0 Å². The van der Waals surface area contributed by atoms with Gasteiger partial charge in [-0.05, 0) is 31.6 Å². The topological polar surface area (TPSA) is 18.5 Å². The third kappa shape index (κ3) is 5.71. The highest BCUT2D eigenvalue weighted by Crippen LogP contribution is 2.30. The van der Waals surface area contributed by atoms with Crippen molar-refractivity contribution in [1.29, 1.82) is 0 Å². The highest BCUT2D eigenvalue weighted by Gasteiger charge is 2.25. The van der Waals surface area contributed by atoms with Crippen LogP contribution in [0.4, 0.5) is 0 Å². The molecule has 1 aliphatic rings. The van der Waals surface area contributed by atoms with Crippen LogP contribution in [0.3, 0.4) is 0 Å². The van der Waals surface area contributed by atoms with Crippen LogP contribution in [0.15, 0.2) is 0 Å². The molecule has 2 heteroatoms. The maximum absolute atomic E-state index is 6.21. The predicted molar refractivity (Wildman–Crippen MR) is 76.7 cm³/mol. The van der Waals surface area contributed by atoms with E-state index in [2.05, 4.69) is 13.8 Å². The number of ether oxygens (including phenoxy) is 2. The van der Waals surface area contributed by atoms with Gasteiger partial charge in [-0.25, -0.2) is 0 Å². The van der Waals surface area contributed by atoms with Gasteiger partial charge < -0.3 is 9.47 Å². The van der Waals surface area contributed by atoms with E-state index in [1.807, 2.05) is 0 Å². The fraction of sp³-hybridized carbons (Fsp3) is 1.00. The summed E-state index contributed by atoms with van der Waals surface area (Å²) in [6.45, 7) is 4.42. The fourth-order valence-corrected chi connectivity index (χ4v) is 3.02. The van der Waals surface area contributed by atoms with Gasteiger partial charge in [-0.2, -0.15) is 0 Å². The number of methoxy groups -OCH3 is 1. The molecule has 0 aromatic heterocycles. The van der Waals surface area contributed by atoms with Crippen LogP contribution in [-0.4, -0.2) is 19.5 Å². The fourth-order valence-electron chi connectivity index (χ4n) is 3.02. The van der Waals surface area contributed by atoms with Crippen LogP contribution in [0.25, 0.3) is 0 Å². The molecule has 1 aliphatic carbocycles. The van der Waals surface area contributed by atoms with Gasteiger partial charge in [0.15, 0.2) is 6.29 Å². The van der Waals surface area contributed by atoms with Crippen LogP contribution in [0.1, 0.15) is 78.1 Å². The van der Waals surface area contributed by atoms with Crippen molar-refractivity contribution in [2.75, 3.05) is 7.11 Å². The van der Waals surface area contributed by atoms with Crippen molar-refractivity contribution in [3.63, 3.8) is 0 Å². The van der Waals surface area contributed by atoms with E-state index in [1.165, 1.54) is 57.8 Å². The van der Waals surface area contributed by atoms with Crippen molar-refractivity contribution in [1.82, 2.24) is 0 Å². The van der Waals surface area contributed by atoms with Crippen LogP contribution in [0.2, 0.25) is 0 Å². The van der Waals surface area contributed by atoms with Crippen LogP contribution in [-0.2, 0) is 9.47 Å². The molecule has 3 unspecified atom stereocenters. The first-order valence-electron chi connectivity index (χ1n) is 8.00. The highest BCUT2D eigenvalue weighted by molar-refractivity contribution is 4.74. The zero-order valence-electron chi connectivity index (χ0n) is 12.6. The number of unbranched alkanes of at least 4 members (excludes halogenated alkanes) is 1. The second-order valence-corrected chi connectivity index (χ2v) is 5.64. The average Bonchev–Trinajstić information content (AvgIpc) is 2.37. The molecule has 3 atom stereocenters. The summed E-state index contributed by atoms with van der Waals surface area (Å²) in [6, 6.07) is 0. The molecule has 1 rings (SSSR count). The number of hydrogen-bond acceptors (Lipinski definition) is 2. The van der Waals surface area contributed by atoms with E-state index in [1.54, 1.807) is 7.11 Å². The van der Waals surface area contributed by atoms with Gasteiger partial charge in [0.25, 0.3) is 0 Å². The summed E-state index contributed by atoms with van der Waals surface area (Å²) < 4.78 is 11.6. The van der Waals surface area contributed by atoms with Gasteiger partial charge in [0.05, 0.1) is 6.10 Å². The van der Waals surface area contributed by atoms with Crippen LogP contribution in [0, 0.1) is 5.92 Å². The van der Waals surface area contributed by atoms with E-state index in [4.69, 9.17) is 9.47 Å². The molecule has 1 fully saturated rings. The Morgan fingerprint density at radius 3 is 2.39 bits per heavy atom. The van der Waals surface area contributed by atoms with E-state index >= 15 is 0 Å². The SMILES string of the molecule is CCCCC1CCCCCCC1OC(CC)OC. The molecule has 0 aromatic rings. The van der Waals surface area contributed by atoms with Gasteiger partial charge in [0.2, 0.25) is 0 Å². The summed E-state index contributed by atoms with van der Waals surface area (Å²) in [5.41, 5.74) is 0. The van der Waals surface area contributed by atoms with Gasteiger partial charge in [0.1, 0.15) is 0 Å². The van der Waals surface area contributed by atoms with E-state index in [0.29, 0.717) is 6.10 Å². The lowest BCUT2D eigenvalue weighted by Crippen LogP contribution is -2.31. The molecule has 2 nitrogen and oxygen atoms in total. The first-order chi connectivity index (χ1) is 8.81. The molecular weight excluding hydrogens is 224 g/mol. The van der Waals surface area contributed by atoms with Gasteiger partial charge in [-0.3, -0.25) is 0 Å². The molecule has 1 saturated carbocycles. The zero-order valence-corrected chi connectivity index (χ0v) is 12.6. The summed E-state index contributed by atoms with van der Waals surface area (Å²) in [6.07, 6.45) is 13.4. The Morgan fingerprint density at radius 2 is 1.78 bits per heavy atom. The maximum Gasteiger partial charge on any atom is 0.157 e. The zero-order chi connectivity index (χ0) is 13.2. The summed E-state index contributed by atoms with van der Waals surface area (Å²) >= 11 is 0. The minimum Gasteiger partial charge on any atom is -0.356 e. The van der Waals surface area contributed by atoms with Crippen molar-refractivity contribution in [2.24, 2.45) is 5.92 Å². The maximum atomic E-state index is 6.21. The largest absolute Gasteiger partial charge is 0.356 e. The van der Waals surface area contributed by atoms with Gasteiger partial charge in [-0.1, -0.05) is 52.4 Å². The van der Waals surface area contributed by atoms with Crippen molar-refractivity contribution < 1.29 is 9.47 Å². The van der Waals surface area contributed by atoms with Gasteiger partial charge in [-0.15, -0.1) is 0 Å². The second kappa shape index (κ2) is 9.80. The Bertz CT molecular complexity index is 188. The molecule has 0 N–H and O–H groups in total. The molecule has 0 bridgehead atoms. The minimum absolute atomic E-state index is 0.00134. The normalized spacial score (nSPS) is 27.5. The average molecular weight is 256 g/mol. The lowest BCUT2D eigenvalue weighted by Gasteiger charge is -2.32. The molecule has 0 amide bonds. The smallest absolute Gasteiger partial charge is 0.157 e. The third-order valence-corrected chi connectivity index (χ3v) is 4.19. The molecule has 18 heavy (non-hydrogen) atoms. The standard InChI is InChI=1S/C16H32O2/c1-4-6-11-14-12-9-7-8-10-13-15(14)18-16(5-2)17-3/h14-16H,4-13H2,1-3H3. The van der Waals surface area contributed by atoms with Crippen LogP contribution >= 0.6 is 0 Å². The predicted octanol–water partition coefficient (Wildman–Crippen LogP) is 4.91. The number of hydrogen-bond donors (Lipinski definition) is 0. The first-order valence-corrected chi connectivity index (χ1v) is 8.00. The molecule has 0 heterocycles. The molecule has 0 spiro atoms. The molecule has 0 saturated heterocycles. The molecule has 0 aliphatic heterocycles. The lowest BCUT2D eigenvalue weighted by molar-refractivity contribution is -0.173. The van der Waals surface area contributed by atoms with Crippen LogP contribution < -0.4 is 0 Å². The molecule has 0 radical (unpaired) electrons. The molecule has 0 aromatic carbocycles. The van der Waals surface area contributed by atoms with E-state index in [-0.39, 0.29) is 6.29 Å². The quantitative estimate of drug-likeness (QED) is 0.602. The Morgan fingerprint density at radius 1 is 1.06 bits per heavy atom. The Balaban J connectivity index is 2.52. The number of rotatable bonds is 7. The van der Waals surface area contributed by atoms with Crippen molar-refractivity contribution in [3.8, 4) is 0 Å². The van der Waals surface area contributed by atoms with Crippen molar-refractivity contribution in [2.45, 2.75) is 90.4 Å². The summed E-state index contributed by atoms with van der Waals surface area (Å²) in [7, 11) is 1.76. The van der Waals surface area contributed by atoms with E-state index in [0.717, 1.165) is 12.3 Å². The summed E-state index contributed by atoms with van der Waals surface area (Å²) in [4.78, 5) is 0. The van der Waals surface area contributed by atoms with Gasteiger partial charge >= 0.3 is 0 Å². The van der Waals surface area contributed by atoms with Crippen molar-refractivity contribution in [3.05, 3.63) is 0 Å². The van der Waals surface area contributed by atoms with E-state index in [9.17, 15) is 0 Å². The summed E-state index contributed by atoms with van der Waals surface area (Å²) in [5.74, 6) is 0.759. The third-order valence-electron chi connectivity index (χ3n) is 4.19. The Labute approximate surface area is 113 Å². The Hall–Kier alpha value is -0.0800. The minimum atomic E-state index is -0.00134. The summed E-state index contributed by atoms with van der Waals surface area (Å²) in [5, 5.41) is 0. The van der Waals surface area contributed by atoms with E-state index < -0.39 is 0 Å². The molecular formula is C16H32O2. The lowest BCUT2D eigenvalue weighted by atomic mass is 9.85. The second-order valence-electron chi connectivity index (χ2n) is 5.64. The highest BCUT2D eigenvalue weighted by atomic mass is 16.7. The van der Waals surface area contributed by atoms with Gasteiger partial charge in [0, 0.05) is 7.11 Å². The first kappa shape index (κ1) is 16.0. The monoisotopic (exact) mass is 256 g/mol. The van der Waals surface area contributed by atoms with Crippen LogP contribution in [0.5, 0.6) is 0 Å². The Kier molecular flexibility index (Phi) is 8.70.